The van der Waals surface area contributed by atoms with E-state index in [1.54, 1.807) is 160 Å². The Morgan fingerprint density at radius 2 is 0.884 bits per heavy atom. The summed E-state index contributed by atoms with van der Waals surface area (Å²) < 4.78 is 97.1. The van der Waals surface area contributed by atoms with Crippen LogP contribution in [0.2, 0.25) is 0 Å². The number of fused-ring (bicyclic) bond motifs is 2. The molecular formula is C83H105Br4Cl3F4N26O16S11. The number of nitrogens with two attached hydrogens (primary N) is 1. The van der Waals surface area contributed by atoms with E-state index < -0.39 is 111 Å². The maximum Gasteiger partial charge on any atom is 0.411 e. The zero-order valence-electron chi connectivity index (χ0n) is 80.9. The lowest BCUT2D eigenvalue weighted by molar-refractivity contribution is -0.142. The molecule has 8 atom stereocenters. The number of carbonyl (C=O) groups is 10. The molecule has 4 aliphatic heterocycles. The second-order valence-corrected chi connectivity index (χ2v) is 44.6. The van der Waals surface area contributed by atoms with Gasteiger partial charge in [-0.05, 0) is 155 Å². The molecule has 0 unspecified atom stereocenters. The molecule has 6 amide bonds. The third-order valence-electron chi connectivity index (χ3n) is 19.3. The number of carboxylic acid groups (broad SMARTS) is 2. The standard InChI is InChI=1S/C25H24BrFN8O3.C16H14N4O3.C14H20BrFN4O3.C10H16FNO4.C9H12BrFN4O.C4H6BrN3.C4H6N2.CH3ClO2S.2ClH.S4.S3.S2.H2S/c1-13(36)24-18-6-15(16-9-28-14(2)29-10-16)4-5-19(18)35(32-24)12-23(37)34-11-17(27)7-20(34)25(38)30-22-8-21(26)33(3)31-22;1-9(21)16-13-5-11(12-6-17-10(2)18-7-12)3-4-14(13)20(19-16)8-15(22)23;1-14(2,3)23-13(22)20-7-8(16)5-9(20)12(21)17-11-6-10(15)19(4)18-11;1-10(2,3)16-9(15)12-5-6(11)4-7(12)8(13)14;1-15-7(10)3-8(14-15)13-9(16)6-2-5(11)4-12-6;1-8-3(5)2-4(6)7-8;1-6-3-2-5-4-6;1-5(2,3)4;;;1-3-4-2;1-3-2;1-2;/h4-6,8-10,17,20H,7,11-12H2,1-3H3,(H,30,31,38);3-7H,8H2,1-2H3,(H,22,23);6,8-9H,5,7H2,1-4H3,(H,17,18,21);6-7H,4-5H2,1-3H3,(H,13,14);3,5-6,12H,2,4H2,1H3,(H,13,14,16);2H,1H3,(H2,6,7);2-4H,1H3;1H3;2*1H;;;;1H2/t17-,20+;;8-,9+;6-,7+;5-,6+;;;;;;;;;/m1.111........./s1. The van der Waals surface area contributed by atoms with Crippen LogP contribution in [0.15, 0.2) is 123 Å². The highest BCUT2D eigenvalue weighted by Crippen LogP contribution is 2.33. The number of ketones is 2. The van der Waals surface area contributed by atoms with Crippen molar-refractivity contribution in [3.05, 3.63) is 146 Å². The first-order valence-electron chi connectivity index (χ1n) is 41.9. The maximum atomic E-state index is 14.4. The highest BCUT2D eigenvalue weighted by molar-refractivity contribution is 9.11. The van der Waals surface area contributed by atoms with Crippen LogP contribution in [0.3, 0.4) is 0 Å². The molecule has 2 aromatic carbocycles. The van der Waals surface area contributed by atoms with Crippen molar-refractivity contribution in [2.24, 2.45) is 35.2 Å². The van der Waals surface area contributed by atoms with Crippen molar-refractivity contribution in [3.63, 3.8) is 0 Å². The Bertz CT molecular complexity index is 6490. The Morgan fingerprint density at radius 1 is 0.537 bits per heavy atom. The minimum Gasteiger partial charge on any atom is -0.480 e. The van der Waals surface area contributed by atoms with Crippen LogP contribution < -0.4 is 27.0 Å². The van der Waals surface area contributed by atoms with Crippen molar-refractivity contribution >= 4 is 320 Å². The molecule has 4 aliphatic rings. The number of aliphatic carboxylic acids is 2. The van der Waals surface area contributed by atoms with Crippen molar-refractivity contribution in [2.75, 3.05) is 54.1 Å². The van der Waals surface area contributed by atoms with Crippen LogP contribution in [0.1, 0.15) is 114 Å². The summed E-state index contributed by atoms with van der Waals surface area (Å²) >= 11 is 37.3. The molecule has 0 spiro atoms. The van der Waals surface area contributed by atoms with Crippen molar-refractivity contribution in [1.82, 2.24) is 108 Å². The summed E-state index contributed by atoms with van der Waals surface area (Å²) in [6, 6.07) is 14.0. The molecule has 4 saturated heterocycles. The first-order chi connectivity index (χ1) is 67.3. The van der Waals surface area contributed by atoms with Gasteiger partial charge in [0.15, 0.2) is 29.0 Å². The molecule has 64 heteroatoms. The van der Waals surface area contributed by atoms with Gasteiger partial charge in [0.25, 0.3) is 0 Å². The highest BCUT2D eigenvalue weighted by atomic mass is 79.9. The van der Waals surface area contributed by atoms with Crippen LogP contribution in [0.4, 0.5) is 50.4 Å². The van der Waals surface area contributed by atoms with E-state index in [0.717, 1.165) is 56.4 Å². The number of carbonyl (C=O) groups excluding carboxylic acids is 8. The molecule has 13 heterocycles. The highest BCUT2D eigenvalue weighted by Gasteiger charge is 2.45. The number of anilines is 4. The topological polar surface area (TPSA) is 524 Å². The van der Waals surface area contributed by atoms with Crippen LogP contribution in [0, 0.1) is 13.8 Å². The van der Waals surface area contributed by atoms with Crippen molar-refractivity contribution in [1.29, 1.82) is 0 Å². The molecule has 42 nitrogen and oxygen atoms in total. The SMILES string of the molecule is CC(=O)c1nn(CC(=O)N2C[C@H](F)C[C@H]2C(=O)Nc2cc(Br)n(C)n2)c2ccc(-c3cnc(C)nc3)cc12.CC(=O)c1nn(CC(=O)O)c2ccc(-c3cnc(C)nc3)cc12.CC(C)(C)OC(=O)N1C[C@H](F)C[C@H]1C(=O)O.CS(=O)(=O)Cl.Cl.Cl.Cn1ccnc1.Cn1nc(N)cc1Br.Cn1nc(NC(=O)[C@@H]2C[C@@H](F)CN2)cc1Br.Cn1nc(NC(=O)[C@@H]2C[C@@H](F)CN2C(=O)OC(C)(C)C)cc1Br.S.S=S.S=S=S.S=S=S=S. The molecule has 0 bridgehead atoms. The van der Waals surface area contributed by atoms with Gasteiger partial charge in [-0.25, -0.2) is 65.3 Å². The van der Waals surface area contributed by atoms with Gasteiger partial charge in [0.2, 0.25) is 32.7 Å². The molecule has 806 valence electrons. The lowest BCUT2D eigenvalue weighted by Gasteiger charge is -2.27. The predicted octanol–water partition coefficient (Wildman–Crippen LogP) is 12.2. The van der Waals surface area contributed by atoms with E-state index in [-0.39, 0.29) is 138 Å². The van der Waals surface area contributed by atoms with Gasteiger partial charge in [0, 0.05) is 269 Å². The maximum absolute atomic E-state index is 14.4. The van der Waals surface area contributed by atoms with E-state index in [1.165, 1.54) is 55.2 Å². The normalized spacial score (nSPS) is 16.5. The molecule has 0 saturated carbocycles. The molecule has 9 aromatic heterocycles. The number of nitrogens with one attached hydrogen (secondary N) is 4. The van der Waals surface area contributed by atoms with Crippen LogP contribution in [-0.4, -0.2) is 273 Å². The van der Waals surface area contributed by atoms with Gasteiger partial charge in [-0.1, -0.05) is 12.1 Å². The molecule has 11 aromatic rings. The molecular weight excluding hydrogens is 2470 g/mol. The van der Waals surface area contributed by atoms with E-state index in [1.807, 2.05) is 49.1 Å². The van der Waals surface area contributed by atoms with Crippen molar-refractivity contribution < 1.29 is 93.6 Å². The number of Topliss-reactive ketones (excluding diaryl/α,β-unsaturated/α-hetero) is 2. The number of aryl methyl sites for hydroxylation is 7. The van der Waals surface area contributed by atoms with Crippen LogP contribution >= 0.6 is 113 Å². The Kier molecular flexibility index (Phi) is 57.6. The van der Waals surface area contributed by atoms with Gasteiger partial charge in [0.05, 0.1) is 49.3 Å². The van der Waals surface area contributed by atoms with E-state index in [2.05, 4.69) is 218 Å². The third-order valence-corrected chi connectivity index (χ3v) is 24.5. The van der Waals surface area contributed by atoms with Crippen LogP contribution in [0.5, 0.6) is 0 Å². The summed E-state index contributed by atoms with van der Waals surface area (Å²) in [6.07, 6.45) is 6.69. The lowest BCUT2D eigenvalue weighted by Crippen LogP contribution is -2.45. The number of likely N-dealkylation sites (tertiary alicyclic amines) is 3. The number of halogens is 11. The van der Waals surface area contributed by atoms with Crippen molar-refractivity contribution in [2.45, 2.75) is 168 Å². The number of nitrogen functional groups attached to an aromatic ring is 1. The quantitative estimate of drug-likeness (QED) is 0.0285. The first-order valence-corrected chi connectivity index (χ1v) is 55.8. The minimum atomic E-state index is -3.19. The molecule has 0 radical (unpaired) electrons. The number of imidazole rings is 1. The predicted molar refractivity (Wildman–Crippen MR) is 594 cm³/mol. The number of ether oxygens (including phenoxy) is 2. The molecule has 4 fully saturated rings. The third kappa shape index (κ3) is 44.7. The van der Waals surface area contributed by atoms with Gasteiger partial charge in [-0.15, -0.1) is 24.8 Å². The van der Waals surface area contributed by atoms with Gasteiger partial charge < -0.3 is 56.2 Å². The van der Waals surface area contributed by atoms with Gasteiger partial charge in [-0.3, -0.25) is 71.5 Å². The molecule has 15 rings (SSSR count). The molecule has 147 heavy (non-hydrogen) atoms. The van der Waals surface area contributed by atoms with E-state index in [4.69, 9.17) is 25.4 Å². The van der Waals surface area contributed by atoms with E-state index in [0.29, 0.717) is 60.1 Å². The Hall–Kier alpha value is -9.16. The first kappa shape index (κ1) is 134. The average Bonchev–Trinajstić information content (AvgIpc) is 1.63. The van der Waals surface area contributed by atoms with Gasteiger partial charge >= 0.3 is 24.1 Å². The fourth-order valence-corrected chi connectivity index (χ4v) is 14.3. The Morgan fingerprint density at radius 3 is 1.17 bits per heavy atom. The average molecular weight is 2580 g/mol. The van der Waals surface area contributed by atoms with E-state index in [9.17, 15) is 73.9 Å². The van der Waals surface area contributed by atoms with Gasteiger partial charge in [0.1, 0.15) is 114 Å². The number of rotatable bonds is 15. The number of hydrogen-bond donors (Lipinski definition) is 7. The smallest absolute Gasteiger partial charge is 0.411 e. The number of nitrogens with zero attached hydrogens (tertiary/aromatic N) is 21. The van der Waals surface area contributed by atoms with Crippen LogP contribution in [0.25, 0.3) is 44.1 Å². The zero-order chi connectivity index (χ0) is 108. The number of benzene rings is 2. The number of hydrogen-bond acceptors (Lipinski definition) is 33. The second-order valence-electron chi connectivity index (χ2n) is 33.0. The summed E-state index contributed by atoms with van der Waals surface area (Å²) in [6.45, 7) is 15.7. The zero-order valence-corrected chi connectivity index (χ0v) is 98.8. The molecule has 0 aliphatic carbocycles. The summed E-state index contributed by atoms with van der Waals surface area (Å²) in [5, 5.41) is 54.4. The molecule has 8 N–H and O–H groups in total. The largest absolute Gasteiger partial charge is 0.480 e. The van der Waals surface area contributed by atoms with E-state index >= 15 is 0 Å². The van der Waals surface area contributed by atoms with Crippen molar-refractivity contribution in [3.8, 4) is 22.3 Å². The number of amides is 6. The summed E-state index contributed by atoms with van der Waals surface area (Å²) in [5.41, 5.74) is 8.76. The summed E-state index contributed by atoms with van der Waals surface area (Å²) in [5.74, 6) is -1.49. The Labute approximate surface area is 938 Å². The monoisotopic (exact) mass is 2570 g/mol. The number of aromatic nitrogens is 18. The summed E-state index contributed by atoms with van der Waals surface area (Å²) in [4.78, 5) is 144. The lowest BCUT2D eigenvalue weighted by atomic mass is 10.0. The Balaban J connectivity index is 0.000000593. The fourth-order valence-electron chi connectivity index (χ4n) is 13.1. The fraction of sp³-hybridized carbons (Fsp3) is 0.434. The van der Waals surface area contributed by atoms with Gasteiger partial charge in [-0.2, -0.15) is 44.1 Å². The second kappa shape index (κ2) is 63.2. The van der Waals surface area contributed by atoms with Crippen LogP contribution in [-0.2, 0) is 189 Å². The number of alkyl halides is 4. The summed E-state index contributed by atoms with van der Waals surface area (Å²) in [7, 11) is 13.5. The minimum absolute atomic E-state index is 0. The number of carboxylic acids is 2.